The summed E-state index contributed by atoms with van der Waals surface area (Å²) < 4.78 is 31.1. The predicted molar refractivity (Wildman–Crippen MR) is 192 cm³/mol. The van der Waals surface area contributed by atoms with Crippen LogP contribution in [-0.2, 0) is 16.1 Å². The molecule has 0 spiro atoms. The molecule has 1 aromatic heterocycles. The minimum Gasteiger partial charge on any atom is -0.497 e. The quantitative estimate of drug-likeness (QED) is 0.0722. The van der Waals surface area contributed by atoms with E-state index in [-0.39, 0.29) is 30.0 Å². The summed E-state index contributed by atoms with van der Waals surface area (Å²) in [5.74, 6) is 1.40. The van der Waals surface area contributed by atoms with Crippen LogP contribution in [0.25, 0.3) is 6.08 Å². The Bertz CT molecular complexity index is 2110. The van der Waals surface area contributed by atoms with Crippen molar-refractivity contribution in [3.05, 3.63) is 116 Å². The van der Waals surface area contributed by atoms with Crippen molar-refractivity contribution in [2.24, 2.45) is 4.99 Å². The molecule has 3 aromatic carbocycles. The fraction of sp³-hybridized carbons (Fsp3) is 0.286. The highest BCUT2D eigenvalue weighted by atomic mass is 127. The van der Waals surface area contributed by atoms with Crippen LogP contribution in [0.15, 0.2) is 75.7 Å². The standard InChI is InChI=1S/C35H34IN3O9S/c1-6-8-26-30(34(41)47-7-2)31(24-18-23(44-3)13-14-27(24)45-4)38-33(40)29(49-35(38)37-26)17-21-15-25(36)32(28(16-21)46-5)48-19-20-9-11-22(12-10-20)39(42)43/h9-18,31H,6-8,19H2,1-5H3/b29-17-/t31-/m1/s1. The van der Waals surface area contributed by atoms with Crippen LogP contribution in [0.2, 0.25) is 0 Å². The molecule has 0 fully saturated rings. The number of benzene rings is 3. The number of nitro benzene ring substituents is 1. The van der Waals surface area contributed by atoms with E-state index in [0.717, 1.165) is 15.6 Å². The molecule has 0 saturated heterocycles. The van der Waals surface area contributed by atoms with E-state index in [1.807, 2.05) is 13.0 Å². The van der Waals surface area contributed by atoms with Gasteiger partial charge >= 0.3 is 5.97 Å². The van der Waals surface area contributed by atoms with Crippen LogP contribution in [0.3, 0.4) is 0 Å². The first kappa shape index (κ1) is 35.6. The molecule has 256 valence electrons. The number of carbonyl (C=O) groups excluding carboxylic acids is 1. The first-order valence-electron chi connectivity index (χ1n) is 15.3. The highest BCUT2D eigenvalue weighted by Crippen LogP contribution is 2.39. The maximum absolute atomic E-state index is 14.3. The number of methoxy groups -OCH3 is 3. The molecule has 12 nitrogen and oxygen atoms in total. The molecule has 1 atom stereocenters. The Morgan fingerprint density at radius 3 is 2.41 bits per heavy atom. The van der Waals surface area contributed by atoms with E-state index in [0.29, 0.717) is 55.6 Å². The van der Waals surface area contributed by atoms with Crippen molar-refractivity contribution in [1.82, 2.24) is 4.57 Å². The fourth-order valence-electron chi connectivity index (χ4n) is 5.45. The first-order chi connectivity index (χ1) is 23.6. The molecule has 2 heterocycles. The summed E-state index contributed by atoms with van der Waals surface area (Å²) in [4.78, 5) is 43.7. The van der Waals surface area contributed by atoms with Crippen LogP contribution in [0.5, 0.6) is 23.0 Å². The Labute approximate surface area is 299 Å². The van der Waals surface area contributed by atoms with E-state index >= 15 is 0 Å². The maximum atomic E-state index is 14.3. The smallest absolute Gasteiger partial charge is 0.338 e. The summed E-state index contributed by atoms with van der Waals surface area (Å²) >= 11 is 3.35. The number of carbonyl (C=O) groups is 1. The summed E-state index contributed by atoms with van der Waals surface area (Å²) in [6.07, 6.45) is 2.97. The SMILES string of the molecule is CCCC1=C(C(=O)OCC)[C@@H](c2cc(OC)ccc2OC)n2c(s/c(=C\c3cc(I)c(OCc4ccc([N+](=O)[O-])cc4)c(OC)c3)c2=O)=N1. The molecule has 0 aliphatic carbocycles. The highest BCUT2D eigenvalue weighted by Gasteiger charge is 2.36. The lowest BCUT2D eigenvalue weighted by molar-refractivity contribution is -0.384. The molecule has 1 aliphatic heterocycles. The molecule has 1 aliphatic rings. The number of ether oxygens (including phenoxy) is 5. The predicted octanol–water partition coefficient (Wildman–Crippen LogP) is 5.70. The molecule has 49 heavy (non-hydrogen) atoms. The van der Waals surface area contributed by atoms with Gasteiger partial charge in [0, 0.05) is 17.7 Å². The zero-order valence-electron chi connectivity index (χ0n) is 27.5. The van der Waals surface area contributed by atoms with Gasteiger partial charge in [-0.3, -0.25) is 19.5 Å². The van der Waals surface area contributed by atoms with Gasteiger partial charge in [0.05, 0.1) is 52.2 Å². The van der Waals surface area contributed by atoms with Crippen molar-refractivity contribution in [1.29, 1.82) is 0 Å². The molecule has 0 N–H and O–H groups in total. The Morgan fingerprint density at radius 1 is 1.04 bits per heavy atom. The van der Waals surface area contributed by atoms with E-state index in [2.05, 4.69) is 22.6 Å². The number of hydrogen-bond donors (Lipinski definition) is 0. The highest BCUT2D eigenvalue weighted by molar-refractivity contribution is 14.1. The Kier molecular flexibility index (Phi) is 11.4. The Hall–Kier alpha value is -4.70. The number of hydrogen-bond acceptors (Lipinski definition) is 11. The Balaban J connectivity index is 1.62. The second-order valence-electron chi connectivity index (χ2n) is 10.8. The van der Waals surface area contributed by atoms with E-state index in [1.165, 1.54) is 42.3 Å². The van der Waals surface area contributed by atoms with Crippen LogP contribution in [0.1, 0.15) is 49.4 Å². The molecule has 0 amide bonds. The van der Waals surface area contributed by atoms with Gasteiger partial charge < -0.3 is 23.7 Å². The van der Waals surface area contributed by atoms with Crippen molar-refractivity contribution in [3.8, 4) is 23.0 Å². The number of nitrogens with zero attached hydrogens (tertiary/aromatic N) is 3. The Morgan fingerprint density at radius 2 is 1.78 bits per heavy atom. The molecular formula is C35H34IN3O9S. The van der Waals surface area contributed by atoms with Gasteiger partial charge in [-0.2, -0.15) is 0 Å². The van der Waals surface area contributed by atoms with Gasteiger partial charge in [0.15, 0.2) is 16.3 Å². The number of thiazole rings is 1. The third-order valence-electron chi connectivity index (χ3n) is 7.70. The zero-order valence-corrected chi connectivity index (χ0v) is 30.5. The minimum absolute atomic E-state index is 0.00167. The molecule has 0 saturated carbocycles. The van der Waals surface area contributed by atoms with Gasteiger partial charge in [-0.1, -0.05) is 24.7 Å². The average Bonchev–Trinajstić information content (AvgIpc) is 3.40. The van der Waals surface area contributed by atoms with Crippen molar-refractivity contribution in [2.75, 3.05) is 27.9 Å². The van der Waals surface area contributed by atoms with Crippen molar-refractivity contribution in [2.45, 2.75) is 39.3 Å². The van der Waals surface area contributed by atoms with Gasteiger partial charge in [-0.25, -0.2) is 9.79 Å². The van der Waals surface area contributed by atoms with Gasteiger partial charge in [0.25, 0.3) is 11.2 Å². The number of nitro groups is 1. The van der Waals surface area contributed by atoms with Crippen LogP contribution in [-0.4, -0.2) is 43.4 Å². The normalized spacial score (nSPS) is 14.2. The minimum atomic E-state index is -0.881. The van der Waals surface area contributed by atoms with Gasteiger partial charge in [0.2, 0.25) is 0 Å². The largest absolute Gasteiger partial charge is 0.497 e. The third kappa shape index (κ3) is 7.49. The fourth-order valence-corrected chi connectivity index (χ4v) is 7.25. The molecule has 0 bridgehead atoms. The average molecular weight is 800 g/mol. The first-order valence-corrected chi connectivity index (χ1v) is 17.2. The summed E-state index contributed by atoms with van der Waals surface area (Å²) in [6.45, 7) is 4.05. The van der Waals surface area contributed by atoms with Crippen LogP contribution in [0.4, 0.5) is 5.69 Å². The molecule has 0 unspecified atom stereocenters. The lowest BCUT2D eigenvalue weighted by atomic mass is 9.93. The summed E-state index contributed by atoms with van der Waals surface area (Å²) in [5, 5.41) is 11.0. The van der Waals surface area contributed by atoms with Gasteiger partial charge in [-0.15, -0.1) is 0 Å². The van der Waals surface area contributed by atoms with E-state index < -0.39 is 16.9 Å². The molecular weight excluding hydrogens is 765 g/mol. The number of halogens is 1. The zero-order chi connectivity index (χ0) is 35.2. The van der Waals surface area contributed by atoms with E-state index in [9.17, 15) is 19.7 Å². The maximum Gasteiger partial charge on any atom is 0.338 e. The lowest BCUT2D eigenvalue weighted by Gasteiger charge is -2.27. The summed E-state index contributed by atoms with van der Waals surface area (Å²) in [7, 11) is 4.60. The van der Waals surface area contributed by atoms with Crippen molar-refractivity contribution in [3.63, 3.8) is 0 Å². The van der Waals surface area contributed by atoms with Gasteiger partial charge in [0.1, 0.15) is 24.1 Å². The molecule has 4 aromatic rings. The van der Waals surface area contributed by atoms with Crippen LogP contribution >= 0.6 is 33.9 Å². The number of allylic oxidation sites excluding steroid dienone is 1. The number of non-ortho nitro benzene ring substituents is 1. The molecule has 14 heteroatoms. The molecule has 5 rings (SSSR count). The number of esters is 1. The van der Waals surface area contributed by atoms with Gasteiger partial charge in [-0.05, 0) is 95.6 Å². The van der Waals surface area contributed by atoms with Crippen molar-refractivity contribution < 1.29 is 33.4 Å². The number of fused-ring (bicyclic) bond motifs is 1. The van der Waals surface area contributed by atoms with E-state index in [1.54, 1.807) is 56.5 Å². The topological polar surface area (TPSA) is 141 Å². The third-order valence-corrected chi connectivity index (χ3v) is 9.49. The van der Waals surface area contributed by atoms with Crippen molar-refractivity contribution >= 4 is 51.7 Å². The second kappa shape index (κ2) is 15.7. The molecule has 0 radical (unpaired) electrons. The lowest BCUT2D eigenvalue weighted by Crippen LogP contribution is -2.40. The van der Waals surface area contributed by atoms with Crippen LogP contribution in [0, 0.1) is 13.7 Å². The second-order valence-corrected chi connectivity index (χ2v) is 12.9. The summed E-state index contributed by atoms with van der Waals surface area (Å²) in [6, 6.07) is 14.1. The van der Waals surface area contributed by atoms with Crippen LogP contribution < -0.4 is 33.8 Å². The number of rotatable bonds is 13. The van der Waals surface area contributed by atoms with E-state index in [4.69, 9.17) is 28.7 Å². The summed E-state index contributed by atoms with van der Waals surface area (Å²) in [5.41, 5.74) is 2.48. The number of aromatic nitrogens is 1. The monoisotopic (exact) mass is 799 g/mol.